The Balaban J connectivity index is 1.32. The minimum Gasteiger partial charge on any atom is -0.494 e. The highest BCUT2D eigenvalue weighted by molar-refractivity contribution is 5.89. The molecule has 2 amide bonds. The quantitative estimate of drug-likeness (QED) is 0.653. The molecule has 1 saturated heterocycles. The Labute approximate surface area is 163 Å². The molecule has 2 N–H and O–H groups in total. The van der Waals surface area contributed by atoms with Gasteiger partial charge in [-0.15, -0.1) is 0 Å². The standard InChI is InChI=1S/C22H35N3O2/c1-2-3-16-27-21-10-8-19(9-11-21)24-22(26)23-17-18-12-14-25(15-13-18)20-6-4-5-7-20/h8-11,18,20H,2-7,12-17H2,1H3,(H2,23,24,26). The fourth-order valence-corrected chi connectivity index (χ4v) is 4.17. The molecule has 5 nitrogen and oxygen atoms in total. The molecule has 1 heterocycles. The first kappa shape index (κ1) is 20.0. The maximum atomic E-state index is 12.2. The fourth-order valence-electron chi connectivity index (χ4n) is 4.17. The molecule has 150 valence electrons. The number of benzene rings is 1. The van der Waals surface area contributed by atoms with E-state index in [9.17, 15) is 4.79 Å². The lowest BCUT2D eigenvalue weighted by atomic mass is 9.95. The molecule has 1 aromatic rings. The number of hydrogen-bond acceptors (Lipinski definition) is 3. The van der Waals surface area contributed by atoms with Gasteiger partial charge < -0.3 is 20.3 Å². The number of nitrogens with zero attached hydrogens (tertiary/aromatic N) is 1. The minimum atomic E-state index is -0.118. The van der Waals surface area contributed by atoms with Crippen molar-refractivity contribution in [3.63, 3.8) is 0 Å². The van der Waals surface area contributed by atoms with Crippen molar-refractivity contribution in [2.75, 3.05) is 31.6 Å². The molecule has 5 heteroatoms. The molecule has 0 bridgehead atoms. The lowest BCUT2D eigenvalue weighted by Crippen LogP contribution is -2.43. The van der Waals surface area contributed by atoms with Crippen molar-refractivity contribution >= 4 is 11.7 Å². The third-order valence-corrected chi connectivity index (χ3v) is 5.92. The largest absolute Gasteiger partial charge is 0.494 e. The van der Waals surface area contributed by atoms with E-state index in [2.05, 4.69) is 22.5 Å². The van der Waals surface area contributed by atoms with Crippen molar-refractivity contribution in [3.05, 3.63) is 24.3 Å². The summed E-state index contributed by atoms with van der Waals surface area (Å²) in [6.45, 7) is 6.04. The molecule has 0 unspecified atom stereocenters. The van der Waals surface area contributed by atoms with Crippen LogP contribution in [0.3, 0.4) is 0 Å². The van der Waals surface area contributed by atoms with Crippen LogP contribution in [0.5, 0.6) is 5.75 Å². The van der Waals surface area contributed by atoms with E-state index in [1.165, 1.54) is 51.6 Å². The summed E-state index contributed by atoms with van der Waals surface area (Å²) in [4.78, 5) is 14.8. The van der Waals surface area contributed by atoms with E-state index in [0.29, 0.717) is 5.92 Å². The second kappa shape index (κ2) is 10.5. The van der Waals surface area contributed by atoms with E-state index in [1.807, 2.05) is 24.3 Å². The normalized spacial score (nSPS) is 19.1. The zero-order chi connectivity index (χ0) is 18.9. The van der Waals surface area contributed by atoms with Crippen LogP contribution < -0.4 is 15.4 Å². The van der Waals surface area contributed by atoms with Gasteiger partial charge in [-0.2, -0.15) is 0 Å². The minimum absolute atomic E-state index is 0.118. The van der Waals surface area contributed by atoms with E-state index in [4.69, 9.17) is 4.74 Å². The topological polar surface area (TPSA) is 53.6 Å². The van der Waals surface area contributed by atoms with Gasteiger partial charge in [-0.3, -0.25) is 0 Å². The Morgan fingerprint density at radius 2 is 1.81 bits per heavy atom. The monoisotopic (exact) mass is 373 g/mol. The van der Waals surface area contributed by atoms with Crippen LogP contribution in [0.4, 0.5) is 10.5 Å². The van der Waals surface area contributed by atoms with E-state index >= 15 is 0 Å². The number of carbonyl (C=O) groups excluding carboxylic acids is 1. The molecule has 1 aromatic carbocycles. The number of piperidine rings is 1. The van der Waals surface area contributed by atoms with Gasteiger partial charge in [0.05, 0.1) is 6.61 Å². The number of hydrogen-bond donors (Lipinski definition) is 2. The lowest BCUT2D eigenvalue weighted by molar-refractivity contribution is 0.134. The molecule has 1 saturated carbocycles. The Bertz CT molecular complexity index is 561. The van der Waals surface area contributed by atoms with E-state index in [1.54, 1.807) is 0 Å². The first-order valence-corrected chi connectivity index (χ1v) is 10.8. The van der Waals surface area contributed by atoms with E-state index < -0.39 is 0 Å². The molecule has 2 fully saturated rings. The summed E-state index contributed by atoms with van der Waals surface area (Å²) in [5, 5.41) is 5.96. The number of likely N-dealkylation sites (tertiary alicyclic amines) is 1. The van der Waals surface area contributed by atoms with Crippen LogP contribution in [-0.4, -0.2) is 43.2 Å². The SMILES string of the molecule is CCCCOc1ccc(NC(=O)NCC2CCN(C3CCCC3)CC2)cc1. The highest BCUT2D eigenvalue weighted by atomic mass is 16.5. The number of nitrogens with one attached hydrogen (secondary N) is 2. The maximum Gasteiger partial charge on any atom is 0.319 e. The zero-order valence-electron chi connectivity index (χ0n) is 16.7. The van der Waals surface area contributed by atoms with Gasteiger partial charge in [0.1, 0.15) is 5.75 Å². The molecule has 1 aliphatic carbocycles. The molecule has 0 aromatic heterocycles. The highest BCUT2D eigenvalue weighted by Gasteiger charge is 2.27. The van der Waals surface area contributed by atoms with Crippen LogP contribution >= 0.6 is 0 Å². The van der Waals surface area contributed by atoms with Gasteiger partial charge in [0, 0.05) is 18.3 Å². The van der Waals surface area contributed by atoms with E-state index in [0.717, 1.165) is 43.5 Å². The predicted octanol–water partition coefficient (Wildman–Crippen LogP) is 4.64. The van der Waals surface area contributed by atoms with Crippen molar-refractivity contribution in [3.8, 4) is 5.75 Å². The summed E-state index contributed by atoms with van der Waals surface area (Å²) in [6.07, 6.45) is 10.1. The average Bonchev–Trinajstić information content (AvgIpc) is 3.23. The average molecular weight is 374 g/mol. The van der Waals surface area contributed by atoms with Crippen molar-refractivity contribution < 1.29 is 9.53 Å². The summed E-state index contributed by atoms with van der Waals surface area (Å²) in [7, 11) is 0. The van der Waals surface area contributed by atoms with Crippen LogP contribution in [0.2, 0.25) is 0 Å². The van der Waals surface area contributed by atoms with Gasteiger partial charge in [-0.25, -0.2) is 4.79 Å². The van der Waals surface area contributed by atoms with Gasteiger partial charge >= 0.3 is 6.03 Å². The van der Waals surface area contributed by atoms with Crippen LogP contribution in [0.1, 0.15) is 58.3 Å². The molecule has 0 atom stereocenters. The first-order valence-electron chi connectivity index (χ1n) is 10.8. The number of anilines is 1. The van der Waals surface area contributed by atoms with Gasteiger partial charge in [0.25, 0.3) is 0 Å². The molecule has 0 radical (unpaired) electrons. The third kappa shape index (κ3) is 6.42. The fraction of sp³-hybridized carbons (Fsp3) is 0.682. The van der Waals surface area contributed by atoms with Gasteiger partial charge in [0.15, 0.2) is 0 Å². The molecule has 27 heavy (non-hydrogen) atoms. The Kier molecular flexibility index (Phi) is 7.81. The van der Waals surface area contributed by atoms with Gasteiger partial charge in [-0.05, 0) is 75.4 Å². The summed E-state index contributed by atoms with van der Waals surface area (Å²) >= 11 is 0. The third-order valence-electron chi connectivity index (χ3n) is 5.92. The molecule has 3 rings (SSSR count). The number of rotatable bonds is 8. The van der Waals surface area contributed by atoms with Crippen molar-refractivity contribution in [2.45, 2.75) is 64.3 Å². The Morgan fingerprint density at radius 1 is 1.11 bits per heavy atom. The highest BCUT2D eigenvalue weighted by Crippen LogP contribution is 2.27. The zero-order valence-corrected chi connectivity index (χ0v) is 16.7. The number of amides is 2. The summed E-state index contributed by atoms with van der Waals surface area (Å²) in [6, 6.07) is 8.31. The van der Waals surface area contributed by atoms with Crippen molar-refractivity contribution in [1.29, 1.82) is 0 Å². The van der Waals surface area contributed by atoms with Crippen LogP contribution in [-0.2, 0) is 0 Å². The van der Waals surface area contributed by atoms with E-state index in [-0.39, 0.29) is 6.03 Å². The number of ether oxygens (including phenoxy) is 1. The molecular weight excluding hydrogens is 338 g/mol. The molecule has 0 spiro atoms. The smallest absolute Gasteiger partial charge is 0.319 e. The lowest BCUT2D eigenvalue weighted by Gasteiger charge is -2.36. The summed E-state index contributed by atoms with van der Waals surface area (Å²) < 4.78 is 5.65. The Morgan fingerprint density at radius 3 is 2.48 bits per heavy atom. The van der Waals surface area contributed by atoms with Crippen LogP contribution in [0.25, 0.3) is 0 Å². The van der Waals surface area contributed by atoms with Crippen LogP contribution in [0.15, 0.2) is 24.3 Å². The number of carbonyl (C=O) groups is 1. The summed E-state index contributed by atoms with van der Waals surface area (Å²) in [5.41, 5.74) is 0.798. The first-order chi connectivity index (χ1) is 13.2. The van der Waals surface area contributed by atoms with Crippen molar-refractivity contribution in [1.82, 2.24) is 10.2 Å². The number of unbranched alkanes of at least 4 members (excludes halogenated alkanes) is 1. The van der Waals surface area contributed by atoms with Crippen molar-refractivity contribution in [2.24, 2.45) is 5.92 Å². The van der Waals surface area contributed by atoms with Gasteiger partial charge in [0.2, 0.25) is 0 Å². The molecule has 2 aliphatic rings. The molecule has 1 aliphatic heterocycles. The second-order valence-electron chi connectivity index (χ2n) is 7.98. The number of urea groups is 1. The van der Waals surface area contributed by atoms with Gasteiger partial charge in [-0.1, -0.05) is 26.2 Å². The summed E-state index contributed by atoms with van der Waals surface area (Å²) in [5.74, 6) is 1.45. The predicted molar refractivity (Wildman–Crippen MR) is 110 cm³/mol. The van der Waals surface area contributed by atoms with Crippen LogP contribution in [0, 0.1) is 5.92 Å². The second-order valence-corrected chi connectivity index (χ2v) is 7.98. The Hall–Kier alpha value is -1.75. The maximum absolute atomic E-state index is 12.2. The molecular formula is C22H35N3O2.